The van der Waals surface area contributed by atoms with Gasteiger partial charge < -0.3 is 4.74 Å². The molecule has 0 amide bonds. The lowest BCUT2D eigenvalue weighted by Crippen LogP contribution is -2.16. The van der Waals surface area contributed by atoms with Crippen LogP contribution in [0.4, 0.5) is 0 Å². The van der Waals surface area contributed by atoms with Gasteiger partial charge in [-0.2, -0.15) is 5.10 Å². The van der Waals surface area contributed by atoms with E-state index in [1.807, 2.05) is 6.92 Å². The van der Waals surface area contributed by atoms with Crippen LogP contribution in [-0.4, -0.2) is 28.8 Å². The Bertz CT molecular complexity index is 320. The van der Waals surface area contributed by atoms with E-state index in [0.29, 0.717) is 12.1 Å². The zero-order chi connectivity index (χ0) is 11.3. The van der Waals surface area contributed by atoms with Crippen molar-refractivity contribution in [3.05, 3.63) is 18.0 Å². The summed E-state index contributed by atoms with van der Waals surface area (Å²) in [6.07, 6.45) is 3.01. The number of carbonyl (C=O) groups excluding carboxylic acids is 1. The number of rotatable bonds is 6. The van der Waals surface area contributed by atoms with Gasteiger partial charge in [-0.3, -0.25) is 9.48 Å². The molecular weight excluding hydrogens is 192 g/mol. The average Bonchev–Trinajstić information content (AvgIpc) is 2.66. The first-order valence-corrected chi connectivity index (χ1v) is 5.26. The lowest BCUT2D eigenvalue weighted by Gasteiger charge is -2.09. The Morgan fingerprint density at radius 2 is 2.40 bits per heavy atom. The minimum absolute atomic E-state index is 0.0394. The monoisotopic (exact) mass is 210 g/mol. The second-order valence-corrected chi connectivity index (χ2v) is 3.61. The highest BCUT2D eigenvalue weighted by Gasteiger charge is 2.14. The Kier molecular flexibility index (Phi) is 4.49. The summed E-state index contributed by atoms with van der Waals surface area (Å²) >= 11 is 0. The fourth-order valence-corrected chi connectivity index (χ4v) is 1.41. The van der Waals surface area contributed by atoms with E-state index in [1.54, 1.807) is 24.1 Å². The molecule has 0 aliphatic carbocycles. The molecule has 0 N–H and O–H groups in total. The fraction of sp³-hybridized carbons (Fsp3) is 0.636. The Morgan fingerprint density at radius 1 is 1.67 bits per heavy atom. The first-order valence-electron chi connectivity index (χ1n) is 5.26. The molecule has 1 heterocycles. The van der Waals surface area contributed by atoms with Crippen molar-refractivity contribution >= 4 is 5.78 Å². The van der Waals surface area contributed by atoms with E-state index in [4.69, 9.17) is 4.74 Å². The van der Waals surface area contributed by atoms with Crippen LogP contribution in [0.3, 0.4) is 0 Å². The summed E-state index contributed by atoms with van der Waals surface area (Å²) in [7, 11) is 1.61. The Hall–Kier alpha value is -1.16. The molecule has 4 heteroatoms. The SMILES string of the molecule is CCCn1nccc1C(=O)CC(C)OC. The van der Waals surface area contributed by atoms with Gasteiger partial charge in [-0.05, 0) is 19.4 Å². The zero-order valence-corrected chi connectivity index (χ0v) is 9.56. The lowest BCUT2D eigenvalue weighted by atomic mass is 10.1. The maximum absolute atomic E-state index is 11.8. The molecule has 1 atom stereocenters. The van der Waals surface area contributed by atoms with Gasteiger partial charge in [0, 0.05) is 26.3 Å². The zero-order valence-electron chi connectivity index (χ0n) is 9.56. The van der Waals surface area contributed by atoms with Gasteiger partial charge in [0.05, 0.1) is 6.10 Å². The highest BCUT2D eigenvalue weighted by molar-refractivity contribution is 5.94. The molecule has 0 spiro atoms. The van der Waals surface area contributed by atoms with Crippen LogP contribution >= 0.6 is 0 Å². The van der Waals surface area contributed by atoms with Crippen LogP contribution in [0.5, 0.6) is 0 Å². The van der Waals surface area contributed by atoms with Crippen molar-refractivity contribution in [3.63, 3.8) is 0 Å². The van der Waals surface area contributed by atoms with Crippen molar-refractivity contribution in [1.29, 1.82) is 0 Å². The van der Waals surface area contributed by atoms with E-state index in [0.717, 1.165) is 13.0 Å². The molecule has 0 saturated carbocycles. The molecule has 84 valence electrons. The molecule has 4 nitrogen and oxygen atoms in total. The molecular formula is C11H18N2O2. The molecule has 1 aromatic rings. The highest BCUT2D eigenvalue weighted by Crippen LogP contribution is 2.07. The minimum atomic E-state index is -0.0394. The average molecular weight is 210 g/mol. The van der Waals surface area contributed by atoms with Crippen molar-refractivity contribution in [2.75, 3.05) is 7.11 Å². The third kappa shape index (κ3) is 3.16. The predicted octanol–water partition coefficient (Wildman–Crippen LogP) is 1.90. The number of nitrogens with zero attached hydrogens (tertiary/aromatic N) is 2. The molecule has 0 saturated heterocycles. The Balaban J connectivity index is 2.68. The molecule has 15 heavy (non-hydrogen) atoms. The van der Waals surface area contributed by atoms with Crippen LogP contribution in [0.1, 0.15) is 37.2 Å². The maximum Gasteiger partial charge on any atom is 0.183 e. The topological polar surface area (TPSA) is 44.1 Å². The third-order valence-corrected chi connectivity index (χ3v) is 2.31. The van der Waals surface area contributed by atoms with Gasteiger partial charge in [0.2, 0.25) is 0 Å². The van der Waals surface area contributed by atoms with E-state index in [1.165, 1.54) is 0 Å². The number of hydrogen-bond acceptors (Lipinski definition) is 3. The smallest absolute Gasteiger partial charge is 0.183 e. The predicted molar refractivity (Wildman–Crippen MR) is 57.9 cm³/mol. The number of hydrogen-bond donors (Lipinski definition) is 0. The molecule has 0 aliphatic heterocycles. The normalized spacial score (nSPS) is 12.7. The number of aryl methyl sites for hydroxylation is 1. The van der Waals surface area contributed by atoms with Crippen molar-refractivity contribution in [3.8, 4) is 0 Å². The van der Waals surface area contributed by atoms with Gasteiger partial charge in [-0.15, -0.1) is 0 Å². The van der Waals surface area contributed by atoms with E-state index < -0.39 is 0 Å². The first-order chi connectivity index (χ1) is 7.19. The first kappa shape index (κ1) is 11.9. The van der Waals surface area contributed by atoms with E-state index >= 15 is 0 Å². The van der Waals surface area contributed by atoms with Crippen molar-refractivity contribution in [2.24, 2.45) is 0 Å². The van der Waals surface area contributed by atoms with Crippen molar-refractivity contribution < 1.29 is 9.53 Å². The summed E-state index contributed by atoms with van der Waals surface area (Å²) in [5, 5.41) is 4.12. The van der Waals surface area contributed by atoms with Crippen LogP contribution in [0.25, 0.3) is 0 Å². The number of aromatic nitrogens is 2. The summed E-state index contributed by atoms with van der Waals surface area (Å²) in [5.74, 6) is 0.0929. The molecule has 1 aromatic heterocycles. The van der Waals surface area contributed by atoms with Gasteiger partial charge >= 0.3 is 0 Å². The van der Waals surface area contributed by atoms with Crippen LogP contribution in [-0.2, 0) is 11.3 Å². The van der Waals surface area contributed by atoms with Crippen molar-refractivity contribution in [2.45, 2.75) is 39.3 Å². The second kappa shape index (κ2) is 5.66. The Labute approximate surface area is 90.2 Å². The molecule has 1 rings (SSSR count). The van der Waals surface area contributed by atoms with Gasteiger partial charge in [0.25, 0.3) is 0 Å². The molecule has 0 bridgehead atoms. The van der Waals surface area contributed by atoms with Crippen LogP contribution in [0.15, 0.2) is 12.3 Å². The molecule has 0 aromatic carbocycles. The van der Waals surface area contributed by atoms with Crippen LogP contribution in [0.2, 0.25) is 0 Å². The number of methoxy groups -OCH3 is 1. The summed E-state index contributed by atoms with van der Waals surface area (Å²) in [5.41, 5.74) is 0.681. The molecule has 0 radical (unpaired) electrons. The largest absolute Gasteiger partial charge is 0.381 e. The van der Waals surface area contributed by atoms with E-state index in [9.17, 15) is 4.79 Å². The molecule has 1 unspecified atom stereocenters. The quantitative estimate of drug-likeness (QED) is 0.673. The highest BCUT2D eigenvalue weighted by atomic mass is 16.5. The van der Waals surface area contributed by atoms with E-state index in [-0.39, 0.29) is 11.9 Å². The van der Waals surface area contributed by atoms with Gasteiger partial charge in [-0.25, -0.2) is 0 Å². The fourth-order valence-electron chi connectivity index (χ4n) is 1.41. The van der Waals surface area contributed by atoms with Gasteiger partial charge in [0.1, 0.15) is 5.69 Å². The van der Waals surface area contributed by atoms with Gasteiger partial charge in [0.15, 0.2) is 5.78 Å². The summed E-state index contributed by atoms with van der Waals surface area (Å²) in [6.45, 7) is 4.74. The standard InChI is InChI=1S/C11H18N2O2/c1-4-7-13-10(5-6-12-13)11(14)8-9(2)15-3/h5-6,9H,4,7-8H2,1-3H3. The number of ether oxygens (including phenoxy) is 1. The third-order valence-electron chi connectivity index (χ3n) is 2.31. The van der Waals surface area contributed by atoms with Crippen molar-refractivity contribution in [1.82, 2.24) is 9.78 Å². The second-order valence-electron chi connectivity index (χ2n) is 3.61. The molecule has 0 aliphatic rings. The maximum atomic E-state index is 11.8. The van der Waals surface area contributed by atoms with Crippen LogP contribution in [0, 0.1) is 0 Å². The van der Waals surface area contributed by atoms with E-state index in [2.05, 4.69) is 12.0 Å². The minimum Gasteiger partial charge on any atom is -0.381 e. The summed E-state index contributed by atoms with van der Waals surface area (Å²) in [4.78, 5) is 11.8. The summed E-state index contributed by atoms with van der Waals surface area (Å²) < 4.78 is 6.82. The molecule has 0 fully saturated rings. The van der Waals surface area contributed by atoms with Gasteiger partial charge in [-0.1, -0.05) is 6.92 Å². The lowest BCUT2D eigenvalue weighted by molar-refractivity contribution is 0.0783. The number of Topliss-reactive ketones (excluding diaryl/α,β-unsaturated/α-hetero) is 1. The number of carbonyl (C=O) groups is 1. The van der Waals surface area contributed by atoms with Crippen LogP contribution < -0.4 is 0 Å². The number of ketones is 1. The Morgan fingerprint density at radius 3 is 3.00 bits per heavy atom. The summed E-state index contributed by atoms with van der Waals surface area (Å²) in [6, 6.07) is 1.76.